The summed E-state index contributed by atoms with van der Waals surface area (Å²) in [5, 5.41) is 0. The number of nitrogen functional groups attached to an aromatic ring is 1. The Balaban J connectivity index is 3.13. The Morgan fingerprint density at radius 3 is 2.39 bits per heavy atom. The molecule has 1 aromatic rings. The maximum atomic E-state index is 13.8. The van der Waals surface area contributed by atoms with Gasteiger partial charge in [-0.2, -0.15) is 0 Å². The first-order valence-electron chi connectivity index (χ1n) is 5.58. The third-order valence-corrected chi connectivity index (χ3v) is 3.73. The zero-order valence-corrected chi connectivity index (χ0v) is 11.9. The predicted octanol–water partition coefficient (Wildman–Crippen LogP) is 2.04. The number of nitrogens with two attached hydrogens (primary N) is 1. The highest BCUT2D eigenvalue weighted by molar-refractivity contribution is 7.89. The summed E-state index contributed by atoms with van der Waals surface area (Å²) in [6.07, 6.45) is 0. The van der Waals surface area contributed by atoms with E-state index < -0.39 is 20.7 Å². The molecule has 0 radical (unpaired) electrons. The van der Waals surface area contributed by atoms with Gasteiger partial charge in [-0.05, 0) is 30.0 Å². The summed E-state index contributed by atoms with van der Waals surface area (Å²) in [5.74, 6) is -0.759. The van der Waals surface area contributed by atoms with E-state index in [-0.39, 0.29) is 23.2 Å². The molecule has 0 heterocycles. The summed E-state index contributed by atoms with van der Waals surface area (Å²) in [4.78, 5) is -0.399. The van der Waals surface area contributed by atoms with Crippen molar-refractivity contribution in [2.75, 3.05) is 12.3 Å². The molecule has 4 nitrogen and oxygen atoms in total. The minimum absolute atomic E-state index is 0.214. The Kier molecular flexibility index (Phi) is 4.02. The second-order valence-electron chi connectivity index (χ2n) is 5.54. The number of halogens is 1. The summed E-state index contributed by atoms with van der Waals surface area (Å²) in [5.41, 5.74) is 5.77. The summed E-state index contributed by atoms with van der Waals surface area (Å²) in [6.45, 7) is 7.36. The van der Waals surface area contributed by atoms with E-state index in [0.29, 0.717) is 0 Å². The molecule has 6 heteroatoms. The van der Waals surface area contributed by atoms with E-state index in [9.17, 15) is 12.8 Å². The van der Waals surface area contributed by atoms with Crippen LogP contribution in [0.1, 0.15) is 26.3 Å². The van der Waals surface area contributed by atoms with Crippen LogP contribution in [0, 0.1) is 18.2 Å². The maximum Gasteiger partial charge on any atom is 0.243 e. The van der Waals surface area contributed by atoms with Crippen LogP contribution in [-0.4, -0.2) is 15.0 Å². The van der Waals surface area contributed by atoms with Gasteiger partial charge in [0.25, 0.3) is 0 Å². The van der Waals surface area contributed by atoms with Crippen molar-refractivity contribution in [1.29, 1.82) is 0 Å². The summed E-state index contributed by atoms with van der Waals surface area (Å²) in [7, 11) is -3.87. The molecular weight excluding hydrogens is 255 g/mol. The Morgan fingerprint density at radius 1 is 1.33 bits per heavy atom. The topological polar surface area (TPSA) is 72.2 Å². The molecule has 0 fully saturated rings. The van der Waals surface area contributed by atoms with Gasteiger partial charge in [-0.15, -0.1) is 0 Å². The van der Waals surface area contributed by atoms with Gasteiger partial charge in [0, 0.05) is 12.2 Å². The van der Waals surface area contributed by atoms with E-state index in [1.54, 1.807) is 0 Å². The van der Waals surface area contributed by atoms with Crippen molar-refractivity contribution < 1.29 is 12.8 Å². The van der Waals surface area contributed by atoms with Crippen LogP contribution < -0.4 is 10.5 Å². The third-order valence-electron chi connectivity index (χ3n) is 2.33. The SMILES string of the molecule is Cc1cc(N)cc(S(=O)(=O)NCC(C)(C)C)c1F. The van der Waals surface area contributed by atoms with Gasteiger partial charge in [0.1, 0.15) is 10.7 Å². The van der Waals surface area contributed by atoms with E-state index in [0.717, 1.165) is 6.07 Å². The molecule has 0 amide bonds. The minimum atomic E-state index is -3.87. The van der Waals surface area contributed by atoms with Gasteiger partial charge in [-0.25, -0.2) is 17.5 Å². The number of benzene rings is 1. The smallest absolute Gasteiger partial charge is 0.243 e. The Bertz CT molecular complexity index is 548. The normalized spacial score (nSPS) is 12.7. The molecule has 0 aliphatic carbocycles. The van der Waals surface area contributed by atoms with Crippen molar-refractivity contribution in [2.24, 2.45) is 5.41 Å². The summed E-state index contributed by atoms with van der Waals surface area (Å²) < 4.78 is 40.2. The quantitative estimate of drug-likeness (QED) is 0.828. The molecule has 102 valence electrons. The first-order chi connectivity index (χ1) is 8.03. The van der Waals surface area contributed by atoms with Crippen LogP contribution in [0.15, 0.2) is 17.0 Å². The molecule has 0 spiro atoms. The Labute approximate surface area is 107 Å². The van der Waals surface area contributed by atoms with Crippen LogP contribution in [0.2, 0.25) is 0 Å². The molecule has 1 rings (SSSR count). The molecule has 0 atom stereocenters. The zero-order valence-electron chi connectivity index (χ0n) is 11.0. The fourth-order valence-electron chi connectivity index (χ4n) is 1.35. The second kappa shape index (κ2) is 4.85. The molecule has 3 N–H and O–H groups in total. The summed E-state index contributed by atoms with van der Waals surface area (Å²) >= 11 is 0. The zero-order chi connectivity index (χ0) is 14.1. The number of aryl methyl sites for hydroxylation is 1. The predicted molar refractivity (Wildman–Crippen MR) is 70.2 cm³/mol. The van der Waals surface area contributed by atoms with Crippen LogP contribution in [0.5, 0.6) is 0 Å². The molecule has 0 saturated carbocycles. The van der Waals surface area contributed by atoms with E-state index in [2.05, 4.69) is 4.72 Å². The molecular formula is C12H19FN2O2S. The second-order valence-corrected chi connectivity index (χ2v) is 7.27. The lowest BCUT2D eigenvalue weighted by Crippen LogP contribution is -2.33. The van der Waals surface area contributed by atoms with Crippen molar-refractivity contribution in [2.45, 2.75) is 32.6 Å². The average Bonchev–Trinajstić information content (AvgIpc) is 2.19. The summed E-state index contributed by atoms with van der Waals surface area (Å²) in [6, 6.07) is 2.53. The van der Waals surface area contributed by atoms with Crippen LogP contribution >= 0.6 is 0 Å². The molecule has 0 unspecified atom stereocenters. The van der Waals surface area contributed by atoms with Crippen molar-refractivity contribution >= 4 is 15.7 Å². The number of nitrogens with one attached hydrogen (secondary N) is 1. The molecule has 0 aliphatic heterocycles. The van der Waals surface area contributed by atoms with Gasteiger partial charge in [0.2, 0.25) is 10.0 Å². The lowest BCUT2D eigenvalue weighted by atomic mass is 9.98. The Morgan fingerprint density at radius 2 is 1.89 bits per heavy atom. The van der Waals surface area contributed by atoms with Gasteiger partial charge < -0.3 is 5.73 Å². The van der Waals surface area contributed by atoms with Crippen LogP contribution in [-0.2, 0) is 10.0 Å². The van der Waals surface area contributed by atoms with Crippen molar-refractivity contribution in [3.05, 3.63) is 23.5 Å². The molecule has 0 saturated heterocycles. The molecule has 0 bridgehead atoms. The van der Waals surface area contributed by atoms with E-state index >= 15 is 0 Å². The van der Waals surface area contributed by atoms with Crippen LogP contribution in [0.3, 0.4) is 0 Å². The standard InChI is InChI=1S/C12H19FN2O2S/c1-8-5-9(14)6-10(11(8)13)18(16,17)15-7-12(2,3)4/h5-6,15H,7,14H2,1-4H3. The van der Waals surface area contributed by atoms with Crippen molar-refractivity contribution in [3.8, 4) is 0 Å². The third kappa shape index (κ3) is 3.68. The van der Waals surface area contributed by atoms with Gasteiger partial charge in [0.05, 0.1) is 0 Å². The fraction of sp³-hybridized carbons (Fsp3) is 0.500. The number of sulfonamides is 1. The highest BCUT2D eigenvalue weighted by Crippen LogP contribution is 2.22. The van der Waals surface area contributed by atoms with E-state index in [1.807, 2.05) is 20.8 Å². The first-order valence-corrected chi connectivity index (χ1v) is 7.06. The number of hydrogen-bond acceptors (Lipinski definition) is 3. The van der Waals surface area contributed by atoms with Crippen molar-refractivity contribution in [3.63, 3.8) is 0 Å². The van der Waals surface area contributed by atoms with Crippen LogP contribution in [0.4, 0.5) is 10.1 Å². The van der Waals surface area contributed by atoms with Gasteiger partial charge in [-0.1, -0.05) is 20.8 Å². The molecule has 0 aliphatic rings. The lowest BCUT2D eigenvalue weighted by Gasteiger charge is -2.19. The number of hydrogen-bond donors (Lipinski definition) is 2. The highest BCUT2D eigenvalue weighted by atomic mass is 32.2. The van der Waals surface area contributed by atoms with E-state index in [1.165, 1.54) is 13.0 Å². The number of rotatable bonds is 3. The maximum absolute atomic E-state index is 13.8. The highest BCUT2D eigenvalue weighted by Gasteiger charge is 2.23. The number of anilines is 1. The monoisotopic (exact) mass is 274 g/mol. The fourth-order valence-corrected chi connectivity index (χ4v) is 2.82. The Hall–Kier alpha value is -1.14. The largest absolute Gasteiger partial charge is 0.399 e. The molecule has 1 aromatic carbocycles. The average molecular weight is 274 g/mol. The van der Waals surface area contributed by atoms with E-state index in [4.69, 9.17) is 5.73 Å². The van der Waals surface area contributed by atoms with Gasteiger partial charge in [0.15, 0.2) is 0 Å². The van der Waals surface area contributed by atoms with Crippen molar-refractivity contribution in [1.82, 2.24) is 4.72 Å². The van der Waals surface area contributed by atoms with Gasteiger partial charge >= 0.3 is 0 Å². The van der Waals surface area contributed by atoms with Crippen LogP contribution in [0.25, 0.3) is 0 Å². The molecule has 0 aromatic heterocycles. The first kappa shape index (κ1) is 14.9. The lowest BCUT2D eigenvalue weighted by molar-refractivity contribution is 0.407. The minimum Gasteiger partial charge on any atom is -0.399 e. The van der Waals surface area contributed by atoms with Gasteiger partial charge in [-0.3, -0.25) is 0 Å². The molecule has 18 heavy (non-hydrogen) atoms.